The lowest BCUT2D eigenvalue weighted by atomic mass is 10.2. The van der Waals surface area contributed by atoms with Crippen molar-refractivity contribution in [1.29, 1.82) is 0 Å². The van der Waals surface area contributed by atoms with E-state index >= 15 is 0 Å². The van der Waals surface area contributed by atoms with Gasteiger partial charge in [0.1, 0.15) is 5.82 Å². The van der Waals surface area contributed by atoms with Crippen LogP contribution >= 0.6 is 0 Å². The quantitative estimate of drug-likeness (QED) is 0.790. The van der Waals surface area contributed by atoms with Gasteiger partial charge in [-0.15, -0.1) is 0 Å². The summed E-state index contributed by atoms with van der Waals surface area (Å²) in [6.45, 7) is 10.5. The third-order valence-corrected chi connectivity index (χ3v) is 5.23. The van der Waals surface area contributed by atoms with Crippen molar-refractivity contribution in [3.63, 3.8) is 0 Å². The second-order valence-corrected chi connectivity index (χ2v) is 7.17. The van der Waals surface area contributed by atoms with Crippen LogP contribution in [0, 0.1) is 6.92 Å². The SMILES string of the molecule is Cc1cc(N2CCN(CCc3ccccn3)CC2)nc(N2CCOCC2)n1. The Kier molecular flexibility index (Phi) is 5.79. The van der Waals surface area contributed by atoms with Crippen molar-refractivity contribution in [2.45, 2.75) is 13.3 Å². The molecule has 0 aromatic carbocycles. The van der Waals surface area contributed by atoms with E-state index in [-0.39, 0.29) is 0 Å². The predicted molar refractivity (Wildman–Crippen MR) is 106 cm³/mol. The maximum atomic E-state index is 5.45. The summed E-state index contributed by atoms with van der Waals surface area (Å²) in [6, 6.07) is 8.24. The number of hydrogen-bond acceptors (Lipinski definition) is 7. The van der Waals surface area contributed by atoms with E-state index in [2.05, 4.69) is 49.8 Å². The number of anilines is 2. The van der Waals surface area contributed by atoms with Crippen LogP contribution in [0.1, 0.15) is 11.4 Å². The zero-order valence-corrected chi connectivity index (χ0v) is 16.0. The Hall–Kier alpha value is -2.25. The normalized spacial score (nSPS) is 18.7. The molecule has 0 N–H and O–H groups in total. The van der Waals surface area contributed by atoms with Gasteiger partial charge in [-0.2, -0.15) is 4.98 Å². The molecule has 7 nitrogen and oxygen atoms in total. The van der Waals surface area contributed by atoms with Crippen LogP contribution in [0.2, 0.25) is 0 Å². The molecular weight excluding hydrogens is 340 g/mol. The van der Waals surface area contributed by atoms with Crippen LogP contribution in [-0.2, 0) is 11.2 Å². The Labute approximate surface area is 161 Å². The van der Waals surface area contributed by atoms with Crippen LogP contribution in [0.25, 0.3) is 0 Å². The van der Waals surface area contributed by atoms with Gasteiger partial charge in [-0.3, -0.25) is 9.88 Å². The van der Waals surface area contributed by atoms with Gasteiger partial charge in [-0.1, -0.05) is 6.07 Å². The molecule has 0 aliphatic carbocycles. The first kappa shape index (κ1) is 18.1. The predicted octanol–water partition coefficient (Wildman–Crippen LogP) is 1.38. The van der Waals surface area contributed by atoms with Gasteiger partial charge in [0.2, 0.25) is 5.95 Å². The summed E-state index contributed by atoms with van der Waals surface area (Å²) in [5, 5.41) is 0. The van der Waals surface area contributed by atoms with Crippen molar-refractivity contribution < 1.29 is 4.74 Å². The minimum absolute atomic E-state index is 0.752. The van der Waals surface area contributed by atoms with Gasteiger partial charge in [-0.05, 0) is 19.1 Å². The number of hydrogen-bond donors (Lipinski definition) is 0. The van der Waals surface area contributed by atoms with Crippen LogP contribution in [0.4, 0.5) is 11.8 Å². The van der Waals surface area contributed by atoms with E-state index in [1.54, 1.807) is 0 Å². The van der Waals surface area contributed by atoms with E-state index < -0.39 is 0 Å². The summed E-state index contributed by atoms with van der Waals surface area (Å²) in [6.07, 6.45) is 2.88. The van der Waals surface area contributed by atoms with Crippen molar-refractivity contribution in [2.75, 3.05) is 68.8 Å². The molecule has 2 aromatic heterocycles. The lowest BCUT2D eigenvalue weighted by molar-refractivity contribution is 0.122. The first-order valence-corrected chi connectivity index (χ1v) is 9.83. The molecule has 0 unspecified atom stereocenters. The fraction of sp³-hybridized carbons (Fsp3) is 0.550. The van der Waals surface area contributed by atoms with Crippen LogP contribution in [0.3, 0.4) is 0 Å². The molecule has 0 bridgehead atoms. The molecular formula is C20H28N6O. The average Bonchev–Trinajstić information content (AvgIpc) is 2.73. The standard InChI is InChI=1S/C20H28N6O/c1-17-16-19(23-20(22-17)26-12-14-27-15-13-26)25-10-8-24(9-11-25)7-5-18-4-2-3-6-21-18/h2-4,6,16H,5,7-15H2,1H3. The summed E-state index contributed by atoms with van der Waals surface area (Å²) in [7, 11) is 0. The van der Waals surface area contributed by atoms with Crippen molar-refractivity contribution >= 4 is 11.8 Å². The maximum Gasteiger partial charge on any atom is 0.227 e. The van der Waals surface area contributed by atoms with Gasteiger partial charge >= 0.3 is 0 Å². The van der Waals surface area contributed by atoms with Crippen molar-refractivity contribution in [2.24, 2.45) is 0 Å². The van der Waals surface area contributed by atoms with Crippen LogP contribution in [0.5, 0.6) is 0 Å². The van der Waals surface area contributed by atoms with E-state index in [4.69, 9.17) is 9.72 Å². The van der Waals surface area contributed by atoms with Gasteiger partial charge in [0.05, 0.1) is 13.2 Å². The summed E-state index contributed by atoms with van der Waals surface area (Å²) in [5.74, 6) is 1.89. The monoisotopic (exact) mass is 368 g/mol. The molecule has 4 rings (SSSR count). The van der Waals surface area contributed by atoms with Crippen LogP contribution < -0.4 is 9.80 Å². The zero-order valence-electron chi connectivity index (χ0n) is 16.0. The van der Waals surface area contributed by atoms with Crippen molar-refractivity contribution in [1.82, 2.24) is 19.9 Å². The van der Waals surface area contributed by atoms with Crippen molar-refractivity contribution in [3.8, 4) is 0 Å². The molecule has 2 aliphatic heterocycles. The number of rotatable bonds is 5. The first-order valence-electron chi connectivity index (χ1n) is 9.83. The zero-order chi connectivity index (χ0) is 18.5. The summed E-state index contributed by atoms with van der Waals surface area (Å²) < 4.78 is 5.45. The smallest absolute Gasteiger partial charge is 0.227 e. The molecule has 0 spiro atoms. The van der Waals surface area contributed by atoms with E-state index in [1.807, 2.05) is 12.3 Å². The number of piperazine rings is 1. The highest BCUT2D eigenvalue weighted by molar-refractivity contribution is 5.46. The Balaban J connectivity index is 1.34. The second-order valence-electron chi connectivity index (χ2n) is 7.17. The number of nitrogens with zero attached hydrogens (tertiary/aromatic N) is 6. The van der Waals surface area contributed by atoms with Crippen LogP contribution in [-0.4, -0.2) is 78.9 Å². The van der Waals surface area contributed by atoms with Gasteiger partial charge in [0, 0.05) is 75.9 Å². The minimum atomic E-state index is 0.752. The van der Waals surface area contributed by atoms with Crippen molar-refractivity contribution in [3.05, 3.63) is 41.9 Å². The molecule has 0 amide bonds. The number of pyridine rings is 1. The summed E-state index contributed by atoms with van der Waals surface area (Å²) in [5.41, 5.74) is 2.19. The van der Waals surface area contributed by atoms with Gasteiger partial charge in [-0.25, -0.2) is 4.98 Å². The highest BCUT2D eigenvalue weighted by Gasteiger charge is 2.21. The molecule has 0 saturated carbocycles. The molecule has 2 aliphatic rings. The molecule has 2 fully saturated rings. The van der Waals surface area contributed by atoms with E-state index in [0.717, 1.165) is 82.9 Å². The third kappa shape index (κ3) is 4.73. The molecule has 0 atom stereocenters. The Morgan fingerprint density at radius 1 is 0.963 bits per heavy atom. The molecule has 7 heteroatoms. The third-order valence-electron chi connectivity index (χ3n) is 5.23. The number of ether oxygens (including phenoxy) is 1. The lowest BCUT2D eigenvalue weighted by Gasteiger charge is -2.36. The van der Waals surface area contributed by atoms with Gasteiger partial charge in [0.15, 0.2) is 0 Å². The summed E-state index contributed by atoms with van der Waals surface area (Å²) in [4.78, 5) is 21.0. The highest BCUT2D eigenvalue weighted by Crippen LogP contribution is 2.20. The number of aryl methyl sites for hydroxylation is 1. The molecule has 2 aromatic rings. The topological polar surface area (TPSA) is 57.6 Å². The lowest BCUT2D eigenvalue weighted by Crippen LogP contribution is -2.47. The fourth-order valence-corrected chi connectivity index (χ4v) is 3.62. The molecule has 27 heavy (non-hydrogen) atoms. The Morgan fingerprint density at radius 2 is 1.78 bits per heavy atom. The molecule has 4 heterocycles. The van der Waals surface area contributed by atoms with E-state index in [9.17, 15) is 0 Å². The number of aromatic nitrogens is 3. The highest BCUT2D eigenvalue weighted by atomic mass is 16.5. The fourth-order valence-electron chi connectivity index (χ4n) is 3.62. The largest absolute Gasteiger partial charge is 0.378 e. The Bertz CT molecular complexity index is 727. The molecule has 144 valence electrons. The van der Waals surface area contributed by atoms with Gasteiger partial charge < -0.3 is 14.5 Å². The Morgan fingerprint density at radius 3 is 2.52 bits per heavy atom. The maximum absolute atomic E-state index is 5.45. The second kappa shape index (κ2) is 8.63. The van der Waals surface area contributed by atoms with E-state index in [1.165, 1.54) is 5.69 Å². The minimum Gasteiger partial charge on any atom is -0.378 e. The first-order chi connectivity index (χ1) is 13.3. The molecule has 0 radical (unpaired) electrons. The molecule has 2 saturated heterocycles. The van der Waals surface area contributed by atoms with Gasteiger partial charge in [0.25, 0.3) is 0 Å². The van der Waals surface area contributed by atoms with Crippen LogP contribution in [0.15, 0.2) is 30.5 Å². The number of morpholine rings is 1. The van der Waals surface area contributed by atoms with E-state index in [0.29, 0.717) is 0 Å². The summed E-state index contributed by atoms with van der Waals surface area (Å²) >= 11 is 0. The average molecular weight is 368 g/mol.